The van der Waals surface area contributed by atoms with Crippen molar-refractivity contribution in [1.29, 1.82) is 5.26 Å². The zero-order valence-corrected chi connectivity index (χ0v) is 10.0. The van der Waals surface area contributed by atoms with E-state index < -0.39 is 0 Å². The summed E-state index contributed by atoms with van der Waals surface area (Å²) < 4.78 is 5.58. The summed E-state index contributed by atoms with van der Waals surface area (Å²) in [4.78, 5) is 0. The highest BCUT2D eigenvalue weighted by Gasteiger charge is 2.09. The summed E-state index contributed by atoms with van der Waals surface area (Å²) >= 11 is 0. The second-order valence-corrected chi connectivity index (χ2v) is 4.33. The van der Waals surface area contributed by atoms with Gasteiger partial charge in [0, 0.05) is 13.0 Å². The summed E-state index contributed by atoms with van der Waals surface area (Å²) in [7, 11) is 0. The predicted molar refractivity (Wildman–Crippen MR) is 66.8 cm³/mol. The molecule has 0 atom stereocenters. The first-order valence-corrected chi connectivity index (χ1v) is 6.22. The van der Waals surface area contributed by atoms with Crippen LogP contribution in [0.4, 0.5) is 0 Å². The van der Waals surface area contributed by atoms with Gasteiger partial charge < -0.3 is 10.1 Å². The van der Waals surface area contributed by atoms with Gasteiger partial charge in [-0.15, -0.1) is 0 Å². The average Bonchev–Trinajstić information content (AvgIpc) is 2.38. The van der Waals surface area contributed by atoms with Gasteiger partial charge in [0.15, 0.2) is 0 Å². The molecule has 1 aromatic rings. The maximum absolute atomic E-state index is 8.42. The number of aryl methyl sites for hydroxylation is 1. The quantitative estimate of drug-likeness (QED) is 0.790. The molecule has 0 saturated heterocycles. The molecule has 0 bridgehead atoms. The first-order chi connectivity index (χ1) is 8.40. The fourth-order valence-electron chi connectivity index (χ4n) is 2.05. The second kappa shape index (κ2) is 6.27. The lowest BCUT2D eigenvalue weighted by atomic mass is 10.0. The maximum atomic E-state index is 8.42. The van der Waals surface area contributed by atoms with Crippen LogP contribution in [0.25, 0.3) is 0 Å². The first kappa shape index (κ1) is 11.9. The van der Waals surface area contributed by atoms with Crippen molar-refractivity contribution in [3.05, 3.63) is 29.3 Å². The Labute approximate surface area is 102 Å². The van der Waals surface area contributed by atoms with E-state index in [9.17, 15) is 0 Å². The van der Waals surface area contributed by atoms with E-state index in [2.05, 4.69) is 29.6 Å². The topological polar surface area (TPSA) is 45.0 Å². The third-order valence-corrected chi connectivity index (χ3v) is 2.94. The van der Waals surface area contributed by atoms with E-state index in [0.717, 1.165) is 44.7 Å². The highest BCUT2D eigenvalue weighted by molar-refractivity contribution is 5.38. The van der Waals surface area contributed by atoms with E-state index in [0.29, 0.717) is 6.42 Å². The number of rotatable bonds is 5. The van der Waals surface area contributed by atoms with Crippen LogP contribution in [0.15, 0.2) is 18.2 Å². The van der Waals surface area contributed by atoms with E-state index in [4.69, 9.17) is 10.00 Å². The van der Waals surface area contributed by atoms with Crippen molar-refractivity contribution in [3.63, 3.8) is 0 Å². The van der Waals surface area contributed by atoms with Crippen molar-refractivity contribution in [2.45, 2.75) is 32.2 Å². The fourth-order valence-corrected chi connectivity index (χ4v) is 2.05. The highest BCUT2D eigenvalue weighted by atomic mass is 16.5. The minimum Gasteiger partial charge on any atom is -0.493 e. The van der Waals surface area contributed by atoms with Gasteiger partial charge in [-0.05, 0) is 43.0 Å². The predicted octanol–water partition coefficient (Wildman–Crippen LogP) is 2.40. The van der Waals surface area contributed by atoms with E-state index >= 15 is 0 Å². The number of unbranched alkanes of at least 4 members (excludes halogenated alkanes) is 1. The summed E-state index contributed by atoms with van der Waals surface area (Å²) in [6, 6.07) is 8.56. The molecule has 0 aromatic heterocycles. The summed E-state index contributed by atoms with van der Waals surface area (Å²) in [5, 5.41) is 11.8. The molecule has 1 aromatic carbocycles. The summed E-state index contributed by atoms with van der Waals surface area (Å²) in [5.74, 6) is 1.05. The SMILES string of the molecule is N#CCCCNCc1ccc2c(c1)CCCO2. The molecule has 0 aliphatic carbocycles. The van der Waals surface area contributed by atoms with Crippen LogP contribution in [0.1, 0.15) is 30.4 Å². The number of nitrogens with zero attached hydrogens (tertiary/aromatic N) is 1. The van der Waals surface area contributed by atoms with Gasteiger partial charge in [-0.1, -0.05) is 12.1 Å². The Kier molecular flexibility index (Phi) is 4.40. The van der Waals surface area contributed by atoms with Crippen LogP contribution in [-0.2, 0) is 13.0 Å². The average molecular weight is 230 g/mol. The lowest BCUT2D eigenvalue weighted by Gasteiger charge is -2.18. The Morgan fingerprint density at radius 1 is 1.41 bits per heavy atom. The van der Waals surface area contributed by atoms with Crippen LogP contribution in [0.5, 0.6) is 5.75 Å². The van der Waals surface area contributed by atoms with Crippen LogP contribution in [0.2, 0.25) is 0 Å². The van der Waals surface area contributed by atoms with E-state index in [1.54, 1.807) is 0 Å². The van der Waals surface area contributed by atoms with Crippen molar-refractivity contribution in [2.24, 2.45) is 0 Å². The summed E-state index contributed by atoms with van der Waals surface area (Å²) in [5.41, 5.74) is 2.62. The molecule has 17 heavy (non-hydrogen) atoms. The van der Waals surface area contributed by atoms with Crippen LogP contribution in [-0.4, -0.2) is 13.2 Å². The minimum atomic E-state index is 0.630. The lowest BCUT2D eigenvalue weighted by Crippen LogP contribution is -2.15. The van der Waals surface area contributed by atoms with Gasteiger partial charge in [-0.2, -0.15) is 5.26 Å². The van der Waals surface area contributed by atoms with E-state index in [1.165, 1.54) is 11.1 Å². The van der Waals surface area contributed by atoms with Gasteiger partial charge in [0.2, 0.25) is 0 Å². The second-order valence-electron chi connectivity index (χ2n) is 4.33. The number of nitriles is 1. The Morgan fingerprint density at radius 3 is 3.24 bits per heavy atom. The molecule has 2 rings (SSSR count). The van der Waals surface area contributed by atoms with Crippen molar-refractivity contribution >= 4 is 0 Å². The van der Waals surface area contributed by atoms with Crippen molar-refractivity contribution in [2.75, 3.05) is 13.2 Å². The molecular formula is C14H18N2O. The molecule has 1 aliphatic rings. The number of hydrogen-bond acceptors (Lipinski definition) is 3. The molecule has 0 saturated carbocycles. The number of hydrogen-bond donors (Lipinski definition) is 1. The number of fused-ring (bicyclic) bond motifs is 1. The lowest BCUT2D eigenvalue weighted by molar-refractivity contribution is 0.288. The summed E-state index contributed by atoms with van der Waals surface area (Å²) in [6.45, 7) is 2.62. The number of nitrogens with one attached hydrogen (secondary N) is 1. The smallest absolute Gasteiger partial charge is 0.122 e. The molecule has 1 aliphatic heterocycles. The van der Waals surface area contributed by atoms with Gasteiger partial charge in [0.05, 0.1) is 12.7 Å². The number of benzene rings is 1. The van der Waals surface area contributed by atoms with Crippen molar-refractivity contribution in [3.8, 4) is 11.8 Å². The van der Waals surface area contributed by atoms with Crippen LogP contribution in [0.3, 0.4) is 0 Å². The van der Waals surface area contributed by atoms with Crippen LogP contribution < -0.4 is 10.1 Å². The van der Waals surface area contributed by atoms with Gasteiger partial charge in [-0.25, -0.2) is 0 Å². The van der Waals surface area contributed by atoms with Gasteiger partial charge in [0.1, 0.15) is 5.75 Å². The van der Waals surface area contributed by atoms with Crippen molar-refractivity contribution < 1.29 is 4.74 Å². The molecule has 3 heteroatoms. The molecule has 0 radical (unpaired) electrons. The number of ether oxygens (including phenoxy) is 1. The third kappa shape index (κ3) is 3.47. The Morgan fingerprint density at radius 2 is 2.35 bits per heavy atom. The van der Waals surface area contributed by atoms with E-state index in [-0.39, 0.29) is 0 Å². The van der Waals surface area contributed by atoms with E-state index in [1.807, 2.05) is 0 Å². The molecular weight excluding hydrogens is 212 g/mol. The van der Waals surface area contributed by atoms with Gasteiger partial charge >= 0.3 is 0 Å². The molecule has 90 valence electrons. The summed E-state index contributed by atoms with van der Waals surface area (Å²) in [6.07, 6.45) is 3.79. The third-order valence-electron chi connectivity index (χ3n) is 2.94. The minimum absolute atomic E-state index is 0.630. The Balaban J connectivity index is 1.83. The monoisotopic (exact) mass is 230 g/mol. The van der Waals surface area contributed by atoms with Crippen molar-refractivity contribution in [1.82, 2.24) is 5.32 Å². The first-order valence-electron chi connectivity index (χ1n) is 6.22. The molecule has 0 amide bonds. The standard InChI is InChI=1S/C14H18N2O/c15-7-1-2-8-16-11-12-5-6-14-13(10-12)4-3-9-17-14/h5-6,10,16H,1-4,8-9,11H2. The normalized spacial score (nSPS) is 13.6. The molecule has 1 N–H and O–H groups in total. The molecule has 3 nitrogen and oxygen atoms in total. The van der Waals surface area contributed by atoms with Crippen LogP contribution >= 0.6 is 0 Å². The zero-order valence-electron chi connectivity index (χ0n) is 10.0. The molecule has 0 unspecified atom stereocenters. The van der Waals surface area contributed by atoms with Gasteiger partial charge in [-0.3, -0.25) is 0 Å². The molecule has 1 heterocycles. The van der Waals surface area contributed by atoms with Gasteiger partial charge in [0.25, 0.3) is 0 Å². The maximum Gasteiger partial charge on any atom is 0.122 e. The highest BCUT2D eigenvalue weighted by Crippen LogP contribution is 2.25. The molecule has 0 fully saturated rings. The van der Waals surface area contributed by atoms with Crippen LogP contribution in [0, 0.1) is 11.3 Å². The largest absolute Gasteiger partial charge is 0.493 e. The Hall–Kier alpha value is -1.53. The Bertz CT molecular complexity index is 409. The molecule has 0 spiro atoms. The fraction of sp³-hybridized carbons (Fsp3) is 0.500. The zero-order chi connectivity index (χ0) is 11.9.